The summed E-state index contributed by atoms with van der Waals surface area (Å²) in [6, 6.07) is 0.694. The molecule has 1 unspecified atom stereocenters. The van der Waals surface area contributed by atoms with E-state index >= 15 is 0 Å². The molecule has 18 heavy (non-hydrogen) atoms. The Morgan fingerprint density at radius 1 is 1.17 bits per heavy atom. The van der Waals surface area contributed by atoms with Gasteiger partial charge in [0.1, 0.15) is 0 Å². The molecule has 0 aromatic heterocycles. The number of nitrogens with one attached hydrogen (secondary N) is 1. The number of likely N-dealkylation sites (tertiary alicyclic amines) is 1. The first-order valence-corrected chi connectivity index (χ1v) is 7.89. The van der Waals surface area contributed by atoms with Crippen LogP contribution < -0.4 is 5.32 Å². The van der Waals surface area contributed by atoms with E-state index in [4.69, 9.17) is 0 Å². The molecule has 0 aliphatic carbocycles. The van der Waals surface area contributed by atoms with Crippen molar-refractivity contribution < 1.29 is 0 Å². The SMILES string of the molecule is CCNC(C)C1CCN(CCN(CC)CC)CC1. The molecular formula is C15H33N3. The molecule has 0 bridgehead atoms. The van der Waals surface area contributed by atoms with Gasteiger partial charge >= 0.3 is 0 Å². The second-order valence-corrected chi connectivity index (χ2v) is 5.55. The summed E-state index contributed by atoms with van der Waals surface area (Å²) in [4.78, 5) is 5.17. The lowest BCUT2D eigenvalue weighted by Gasteiger charge is -2.36. The summed E-state index contributed by atoms with van der Waals surface area (Å²) in [6.45, 7) is 17.6. The van der Waals surface area contributed by atoms with Gasteiger partial charge in [-0.2, -0.15) is 0 Å². The third-order valence-corrected chi connectivity index (χ3v) is 4.49. The van der Waals surface area contributed by atoms with Crippen LogP contribution in [-0.4, -0.2) is 61.7 Å². The van der Waals surface area contributed by atoms with E-state index in [9.17, 15) is 0 Å². The Kier molecular flexibility index (Phi) is 7.87. The van der Waals surface area contributed by atoms with E-state index in [2.05, 4.69) is 42.8 Å². The third-order valence-electron chi connectivity index (χ3n) is 4.49. The second-order valence-electron chi connectivity index (χ2n) is 5.55. The zero-order valence-corrected chi connectivity index (χ0v) is 12.9. The highest BCUT2D eigenvalue weighted by molar-refractivity contribution is 4.79. The Bertz CT molecular complexity index is 196. The lowest BCUT2D eigenvalue weighted by Crippen LogP contribution is -2.44. The van der Waals surface area contributed by atoms with Gasteiger partial charge in [-0.05, 0) is 58.4 Å². The molecule has 3 heteroatoms. The van der Waals surface area contributed by atoms with Crippen molar-refractivity contribution >= 4 is 0 Å². The standard InChI is InChI=1S/C15H33N3/c1-5-16-14(4)15-8-10-18(11-9-15)13-12-17(6-2)7-3/h14-16H,5-13H2,1-4H3. The topological polar surface area (TPSA) is 18.5 Å². The minimum atomic E-state index is 0.694. The summed E-state index contributed by atoms with van der Waals surface area (Å²) in [5, 5.41) is 3.57. The number of likely N-dealkylation sites (N-methyl/N-ethyl adjacent to an activating group) is 1. The van der Waals surface area contributed by atoms with E-state index < -0.39 is 0 Å². The van der Waals surface area contributed by atoms with Gasteiger partial charge in [0.25, 0.3) is 0 Å². The van der Waals surface area contributed by atoms with Crippen LogP contribution in [-0.2, 0) is 0 Å². The van der Waals surface area contributed by atoms with Gasteiger partial charge in [0, 0.05) is 19.1 Å². The molecule has 0 saturated carbocycles. The Morgan fingerprint density at radius 2 is 1.78 bits per heavy atom. The molecule has 1 saturated heterocycles. The van der Waals surface area contributed by atoms with Crippen LogP contribution in [0.5, 0.6) is 0 Å². The van der Waals surface area contributed by atoms with Gasteiger partial charge in [0.05, 0.1) is 0 Å². The first-order chi connectivity index (χ1) is 8.71. The smallest absolute Gasteiger partial charge is 0.0109 e. The molecule has 108 valence electrons. The average molecular weight is 255 g/mol. The van der Waals surface area contributed by atoms with Gasteiger partial charge < -0.3 is 15.1 Å². The highest BCUT2D eigenvalue weighted by Gasteiger charge is 2.23. The number of hydrogen-bond acceptors (Lipinski definition) is 3. The predicted molar refractivity (Wildman–Crippen MR) is 80.1 cm³/mol. The van der Waals surface area contributed by atoms with Crippen LogP contribution in [0, 0.1) is 5.92 Å². The van der Waals surface area contributed by atoms with Gasteiger partial charge in [-0.25, -0.2) is 0 Å². The van der Waals surface area contributed by atoms with E-state index in [1.54, 1.807) is 0 Å². The van der Waals surface area contributed by atoms with Crippen LogP contribution in [0.2, 0.25) is 0 Å². The van der Waals surface area contributed by atoms with E-state index in [0.717, 1.165) is 12.5 Å². The van der Waals surface area contributed by atoms with Gasteiger partial charge in [0.15, 0.2) is 0 Å². The maximum atomic E-state index is 3.57. The van der Waals surface area contributed by atoms with Crippen molar-refractivity contribution in [1.82, 2.24) is 15.1 Å². The minimum absolute atomic E-state index is 0.694. The molecule has 0 aromatic carbocycles. The lowest BCUT2D eigenvalue weighted by atomic mass is 9.90. The maximum absolute atomic E-state index is 3.57. The largest absolute Gasteiger partial charge is 0.314 e. The molecule has 0 amide bonds. The Labute approximate surface area is 114 Å². The van der Waals surface area contributed by atoms with E-state index in [1.807, 2.05) is 0 Å². The number of nitrogens with zero attached hydrogens (tertiary/aromatic N) is 2. The fourth-order valence-electron chi connectivity index (χ4n) is 2.99. The van der Waals surface area contributed by atoms with E-state index in [-0.39, 0.29) is 0 Å². The molecular weight excluding hydrogens is 222 g/mol. The molecule has 0 radical (unpaired) electrons. The van der Waals surface area contributed by atoms with Crippen molar-refractivity contribution in [2.45, 2.75) is 46.6 Å². The van der Waals surface area contributed by atoms with Crippen molar-refractivity contribution in [1.29, 1.82) is 0 Å². The van der Waals surface area contributed by atoms with Crippen LogP contribution in [0.25, 0.3) is 0 Å². The zero-order chi connectivity index (χ0) is 13.4. The van der Waals surface area contributed by atoms with Gasteiger partial charge in [-0.1, -0.05) is 20.8 Å². The normalized spacial score (nSPS) is 20.5. The first-order valence-electron chi connectivity index (χ1n) is 7.89. The van der Waals surface area contributed by atoms with Crippen LogP contribution in [0.1, 0.15) is 40.5 Å². The number of hydrogen-bond donors (Lipinski definition) is 1. The monoisotopic (exact) mass is 255 g/mol. The summed E-state index contributed by atoms with van der Waals surface area (Å²) in [6.07, 6.45) is 2.73. The molecule has 1 aliphatic rings. The van der Waals surface area contributed by atoms with E-state index in [0.29, 0.717) is 6.04 Å². The molecule has 1 atom stereocenters. The van der Waals surface area contributed by atoms with Crippen LogP contribution in [0.3, 0.4) is 0 Å². The Hall–Kier alpha value is -0.120. The molecule has 1 rings (SSSR count). The van der Waals surface area contributed by atoms with Crippen molar-refractivity contribution in [3.8, 4) is 0 Å². The fraction of sp³-hybridized carbons (Fsp3) is 1.00. The molecule has 3 nitrogen and oxygen atoms in total. The van der Waals surface area contributed by atoms with Gasteiger partial charge in [-0.15, -0.1) is 0 Å². The van der Waals surface area contributed by atoms with E-state index in [1.165, 1.54) is 52.1 Å². The second kappa shape index (κ2) is 8.89. The summed E-state index contributed by atoms with van der Waals surface area (Å²) in [7, 11) is 0. The average Bonchev–Trinajstić information content (AvgIpc) is 2.41. The molecule has 0 aromatic rings. The van der Waals surface area contributed by atoms with Crippen molar-refractivity contribution in [3.05, 3.63) is 0 Å². The van der Waals surface area contributed by atoms with Gasteiger partial charge in [-0.3, -0.25) is 0 Å². The predicted octanol–water partition coefficient (Wildman–Crippen LogP) is 2.04. The molecule has 1 aliphatic heterocycles. The number of piperidine rings is 1. The maximum Gasteiger partial charge on any atom is 0.0109 e. The Balaban J connectivity index is 2.18. The minimum Gasteiger partial charge on any atom is -0.314 e. The lowest BCUT2D eigenvalue weighted by molar-refractivity contribution is 0.145. The summed E-state index contributed by atoms with van der Waals surface area (Å²) in [5.74, 6) is 0.884. The summed E-state index contributed by atoms with van der Waals surface area (Å²) >= 11 is 0. The summed E-state index contributed by atoms with van der Waals surface area (Å²) < 4.78 is 0. The molecule has 1 fully saturated rings. The Morgan fingerprint density at radius 3 is 2.28 bits per heavy atom. The van der Waals surface area contributed by atoms with Crippen molar-refractivity contribution in [2.24, 2.45) is 5.92 Å². The molecule has 1 N–H and O–H groups in total. The fourth-order valence-corrected chi connectivity index (χ4v) is 2.99. The number of rotatable bonds is 8. The van der Waals surface area contributed by atoms with Gasteiger partial charge in [0.2, 0.25) is 0 Å². The van der Waals surface area contributed by atoms with Crippen LogP contribution in [0.4, 0.5) is 0 Å². The highest BCUT2D eigenvalue weighted by Crippen LogP contribution is 2.20. The molecule has 0 spiro atoms. The van der Waals surface area contributed by atoms with Crippen molar-refractivity contribution in [2.75, 3.05) is 45.8 Å². The quantitative estimate of drug-likeness (QED) is 0.716. The summed E-state index contributed by atoms with van der Waals surface area (Å²) in [5.41, 5.74) is 0. The first kappa shape index (κ1) is 15.9. The highest BCUT2D eigenvalue weighted by atomic mass is 15.2. The van der Waals surface area contributed by atoms with Crippen LogP contribution in [0.15, 0.2) is 0 Å². The third kappa shape index (κ3) is 5.25. The van der Waals surface area contributed by atoms with Crippen LogP contribution >= 0.6 is 0 Å². The molecule has 1 heterocycles. The van der Waals surface area contributed by atoms with Crippen molar-refractivity contribution in [3.63, 3.8) is 0 Å². The zero-order valence-electron chi connectivity index (χ0n) is 12.9.